The van der Waals surface area contributed by atoms with E-state index < -0.39 is 11.6 Å². The minimum atomic E-state index is -0.704. The van der Waals surface area contributed by atoms with Crippen molar-refractivity contribution in [3.63, 3.8) is 0 Å². The summed E-state index contributed by atoms with van der Waals surface area (Å²) in [5, 5.41) is 15.3. The van der Waals surface area contributed by atoms with Gasteiger partial charge in [-0.15, -0.1) is 0 Å². The van der Waals surface area contributed by atoms with Crippen LogP contribution in [0.5, 0.6) is 0 Å². The number of pyridine rings is 2. The molecule has 0 N–H and O–H groups in total. The smallest absolute Gasteiger partial charge is 0.126 e. The molecule has 5 nitrogen and oxygen atoms in total. The number of halogens is 2. The maximum absolute atomic E-state index is 15.5. The Morgan fingerprint density at radius 3 is 1.62 bits per heavy atom. The van der Waals surface area contributed by atoms with Crippen LogP contribution in [-0.4, -0.2) is 19.1 Å². The summed E-state index contributed by atoms with van der Waals surface area (Å²) in [5.74, 6) is -1.41. The Labute approximate surface area is 378 Å². The van der Waals surface area contributed by atoms with Crippen molar-refractivity contribution in [2.75, 3.05) is 0 Å². The van der Waals surface area contributed by atoms with Gasteiger partial charge in [0.1, 0.15) is 17.7 Å². The Hall–Kier alpha value is -8.99. The molecule has 0 aliphatic heterocycles. The van der Waals surface area contributed by atoms with Gasteiger partial charge in [0, 0.05) is 68.5 Å². The maximum atomic E-state index is 15.5. The zero-order valence-corrected chi connectivity index (χ0v) is 35.2. The van der Waals surface area contributed by atoms with Gasteiger partial charge in [-0.2, -0.15) is 5.26 Å². The Morgan fingerprint density at radius 1 is 0.394 bits per heavy atom. The molecule has 0 amide bonds. The molecule has 0 bridgehead atoms. The van der Waals surface area contributed by atoms with E-state index >= 15 is 8.78 Å². The van der Waals surface area contributed by atoms with Gasteiger partial charge < -0.3 is 9.13 Å². The first kappa shape index (κ1) is 38.7. The summed E-state index contributed by atoms with van der Waals surface area (Å²) in [4.78, 5) is 9.31. The molecular weight excluding hydrogens is 817 g/mol. The molecule has 0 fully saturated rings. The largest absolute Gasteiger partial charge is 0.309 e. The molecule has 0 saturated carbocycles. The summed E-state index contributed by atoms with van der Waals surface area (Å²) in [6.45, 7) is 0. The molecule has 0 atom stereocenters. The third-order valence-electron chi connectivity index (χ3n) is 12.6. The summed E-state index contributed by atoms with van der Waals surface area (Å²) in [7, 11) is 0. The Morgan fingerprint density at radius 2 is 0.970 bits per heavy atom. The van der Waals surface area contributed by atoms with Gasteiger partial charge in [0.05, 0.1) is 44.7 Å². The molecule has 12 aromatic rings. The first-order chi connectivity index (χ1) is 32.5. The molecule has 66 heavy (non-hydrogen) atoms. The predicted molar refractivity (Wildman–Crippen MR) is 263 cm³/mol. The van der Waals surface area contributed by atoms with Crippen LogP contribution in [0.1, 0.15) is 5.56 Å². The highest BCUT2D eigenvalue weighted by molar-refractivity contribution is 6.12. The lowest BCUT2D eigenvalue weighted by Crippen LogP contribution is -2.04. The van der Waals surface area contributed by atoms with Crippen LogP contribution in [0.25, 0.3) is 111 Å². The minimum absolute atomic E-state index is 0.333. The molecule has 4 aromatic heterocycles. The molecule has 0 radical (unpaired) electrons. The van der Waals surface area contributed by atoms with Gasteiger partial charge in [-0.05, 0) is 88.5 Å². The van der Waals surface area contributed by atoms with Crippen LogP contribution < -0.4 is 0 Å². The van der Waals surface area contributed by atoms with Gasteiger partial charge in [-0.3, -0.25) is 9.97 Å². The fourth-order valence-corrected chi connectivity index (χ4v) is 9.73. The SMILES string of the molecule is N#Cc1cc(-n2c3ccccc3c3ccc(-c4cccnc4-c4ccccc4)cc32)c(-c2cc(F)cc(F)c2)cc1-n1c2ccccc2c2ccc(-c3ccncc3-c3ccccc3)cc21. The molecule has 0 spiro atoms. The first-order valence-corrected chi connectivity index (χ1v) is 21.6. The predicted octanol–water partition coefficient (Wildman–Crippen LogP) is 15.2. The highest BCUT2D eigenvalue weighted by Crippen LogP contribution is 2.43. The van der Waals surface area contributed by atoms with E-state index in [-0.39, 0.29) is 0 Å². The van der Waals surface area contributed by atoms with E-state index in [4.69, 9.17) is 4.98 Å². The molecular formula is C59H35F2N5. The topological polar surface area (TPSA) is 59.4 Å². The minimum Gasteiger partial charge on any atom is -0.309 e. The van der Waals surface area contributed by atoms with Gasteiger partial charge in [0.15, 0.2) is 0 Å². The molecule has 0 aliphatic carbocycles. The van der Waals surface area contributed by atoms with Crippen molar-refractivity contribution >= 4 is 43.6 Å². The second-order valence-electron chi connectivity index (χ2n) is 16.4. The van der Waals surface area contributed by atoms with Crippen LogP contribution >= 0.6 is 0 Å². The second-order valence-corrected chi connectivity index (χ2v) is 16.4. The van der Waals surface area contributed by atoms with Crippen molar-refractivity contribution in [3.8, 4) is 73.2 Å². The van der Waals surface area contributed by atoms with Crippen molar-refractivity contribution in [2.45, 2.75) is 0 Å². The molecule has 310 valence electrons. The zero-order valence-electron chi connectivity index (χ0n) is 35.2. The van der Waals surface area contributed by atoms with E-state index in [1.165, 1.54) is 12.1 Å². The van der Waals surface area contributed by atoms with E-state index in [9.17, 15) is 5.26 Å². The van der Waals surface area contributed by atoms with Crippen molar-refractivity contribution in [3.05, 3.63) is 230 Å². The van der Waals surface area contributed by atoms with Crippen LogP contribution in [0.3, 0.4) is 0 Å². The molecule has 0 saturated heterocycles. The molecule has 7 heteroatoms. The van der Waals surface area contributed by atoms with Crippen LogP contribution in [0.2, 0.25) is 0 Å². The summed E-state index contributed by atoms with van der Waals surface area (Å²) < 4.78 is 35.2. The second kappa shape index (κ2) is 15.7. The third-order valence-corrected chi connectivity index (χ3v) is 12.6. The highest BCUT2D eigenvalue weighted by Gasteiger charge is 2.24. The molecule has 8 aromatic carbocycles. The van der Waals surface area contributed by atoms with E-state index in [2.05, 4.69) is 99.1 Å². The zero-order chi connectivity index (χ0) is 44.3. The lowest BCUT2D eigenvalue weighted by Gasteiger charge is -2.19. The monoisotopic (exact) mass is 851 g/mol. The lowest BCUT2D eigenvalue weighted by molar-refractivity contribution is 0.584. The van der Waals surface area contributed by atoms with Gasteiger partial charge >= 0.3 is 0 Å². The van der Waals surface area contributed by atoms with Gasteiger partial charge in [-0.25, -0.2) is 8.78 Å². The summed E-state index contributed by atoms with van der Waals surface area (Å²) in [5.41, 5.74) is 13.7. The Kier molecular flexibility index (Phi) is 9.18. The average Bonchev–Trinajstić information content (AvgIpc) is 3.88. The Balaban J connectivity index is 1.14. The fraction of sp³-hybridized carbons (Fsp3) is 0. The summed E-state index contributed by atoms with van der Waals surface area (Å²) in [6.07, 6.45) is 5.49. The number of nitriles is 1. The van der Waals surface area contributed by atoms with Gasteiger partial charge in [0.25, 0.3) is 0 Å². The maximum Gasteiger partial charge on any atom is 0.126 e. The van der Waals surface area contributed by atoms with E-state index in [1.807, 2.05) is 103 Å². The van der Waals surface area contributed by atoms with Gasteiger partial charge in [0.2, 0.25) is 0 Å². The number of nitrogens with zero attached hydrogens (tertiary/aromatic N) is 5. The van der Waals surface area contributed by atoms with Crippen molar-refractivity contribution in [1.82, 2.24) is 19.1 Å². The average molecular weight is 852 g/mol. The van der Waals surface area contributed by atoms with Crippen LogP contribution in [0.4, 0.5) is 8.78 Å². The number of para-hydroxylation sites is 2. The number of aromatic nitrogens is 4. The number of rotatable bonds is 7. The van der Waals surface area contributed by atoms with Crippen molar-refractivity contribution in [1.29, 1.82) is 5.26 Å². The number of hydrogen-bond acceptors (Lipinski definition) is 3. The third kappa shape index (κ3) is 6.35. The Bertz CT molecular complexity index is 3900. The highest BCUT2D eigenvalue weighted by atomic mass is 19.1. The van der Waals surface area contributed by atoms with Crippen LogP contribution in [0.15, 0.2) is 213 Å². The lowest BCUT2D eigenvalue weighted by atomic mass is 9.95. The van der Waals surface area contributed by atoms with Crippen molar-refractivity contribution < 1.29 is 8.78 Å². The molecule has 0 aliphatic rings. The molecule has 0 unspecified atom stereocenters. The number of fused-ring (bicyclic) bond motifs is 6. The standard InChI is InChI=1S/C59H35F2N5/c60-43-28-41(29-44(61)33-43)51-34-55(65-53-19-9-7-16-47(53)49-23-21-39(30-56(49)65)45-25-27-63-36-52(45)37-12-3-1-4-13-37)42(35-62)32-58(51)66-54-20-10-8-17-48(54)50-24-22-40(31-57(50)66)46-18-11-26-64-59(46)38-14-5-2-6-15-38/h1-34,36H. The summed E-state index contributed by atoms with van der Waals surface area (Å²) in [6, 6.07) is 65.3. The van der Waals surface area contributed by atoms with Crippen LogP contribution in [0, 0.1) is 23.0 Å². The quantitative estimate of drug-likeness (QED) is 0.160. The molecule has 4 heterocycles. The van der Waals surface area contributed by atoms with E-state index in [1.54, 1.807) is 12.4 Å². The normalized spacial score (nSPS) is 11.5. The fourth-order valence-electron chi connectivity index (χ4n) is 9.73. The van der Waals surface area contributed by atoms with Crippen LogP contribution in [-0.2, 0) is 0 Å². The van der Waals surface area contributed by atoms with E-state index in [0.29, 0.717) is 28.1 Å². The number of benzene rings is 8. The van der Waals surface area contributed by atoms with E-state index in [0.717, 1.165) is 94.3 Å². The first-order valence-electron chi connectivity index (χ1n) is 21.6. The molecule has 12 rings (SSSR count). The van der Waals surface area contributed by atoms with Crippen molar-refractivity contribution in [2.24, 2.45) is 0 Å². The summed E-state index contributed by atoms with van der Waals surface area (Å²) >= 11 is 0. The number of hydrogen-bond donors (Lipinski definition) is 0. The van der Waals surface area contributed by atoms with Gasteiger partial charge in [-0.1, -0.05) is 127 Å².